The van der Waals surface area contributed by atoms with Gasteiger partial charge in [-0.1, -0.05) is 42.0 Å². The Balaban J connectivity index is 1.91. The molecule has 1 aliphatic carbocycles. The van der Waals surface area contributed by atoms with Crippen molar-refractivity contribution in [3.8, 4) is 0 Å². The maximum Gasteiger partial charge on any atom is 0.247 e. The molecule has 110 valence electrons. The SMILES string of the molecule is O=C1NCCN(C(=O)C2CC=CC2)C1c1ccccc1Cl. The molecule has 3 rings (SSSR count). The van der Waals surface area contributed by atoms with E-state index in [0.29, 0.717) is 23.7 Å². The van der Waals surface area contributed by atoms with Crippen LogP contribution in [0, 0.1) is 5.92 Å². The Kier molecular flexibility index (Phi) is 3.97. The van der Waals surface area contributed by atoms with Crippen molar-refractivity contribution in [1.29, 1.82) is 0 Å². The largest absolute Gasteiger partial charge is 0.352 e. The number of halogens is 1. The number of carbonyl (C=O) groups is 2. The van der Waals surface area contributed by atoms with Gasteiger partial charge in [-0.3, -0.25) is 9.59 Å². The number of nitrogens with one attached hydrogen (secondary N) is 1. The molecular weight excluding hydrogens is 288 g/mol. The van der Waals surface area contributed by atoms with E-state index in [0.717, 1.165) is 12.8 Å². The zero-order chi connectivity index (χ0) is 14.8. The molecule has 21 heavy (non-hydrogen) atoms. The molecule has 0 radical (unpaired) electrons. The number of benzene rings is 1. The van der Waals surface area contributed by atoms with E-state index in [2.05, 4.69) is 5.32 Å². The molecule has 1 fully saturated rings. The highest BCUT2D eigenvalue weighted by molar-refractivity contribution is 6.31. The molecule has 1 saturated heterocycles. The van der Waals surface area contributed by atoms with E-state index in [1.54, 1.807) is 11.0 Å². The van der Waals surface area contributed by atoms with Crippen molar-refractivity contribution >= 4 is 23.4 Å². The lowest BCUT2D eigenvalue weighted by Gasteiger charge is -2.37. The number of nitrogens with zero attached hydrogens (tertiary/aromatic N) is 1. The summed E-state index contributed by atoms with van der Waals surface area (Å²) in [6.45, 7) is 1.02. The zero-order valence-electron chi connectivity index (χ0n) is 11.6. The van der Waals surface area contributed by atoms with Crippen LogP contribution in [0.2, 0.25) is 5.02 Å². The van der Waals surface area contributed by atoms with Gasteiger partial charge in [0.1, 0.15) is 6.04 Å². The minimum Gasteiger partial charge on any atom is -0.352 e. The minimum atomic E-state index is -0.624. The Hall–Kier alpha value is -1.81. The van der Waals surface area contributed by atoms with Crippen molar-refractivity contribution in [3.63, 3.8) is 0 Å². The summed E-state index contributed by atoms with van der Waals surface area (Å²) in [6.07, 6.45) is 5.56. The second-order valence-electron chi connectivity index (χ2n) is 5.39. The standard InChI is InChI=1S/C16H17ClN2O2/c17-13-8-4-3-7-12(13)14-15(20)18-9-10-19(14)16(21)11-5-1-2-6-11/h1-4,7-8,11,14H,5-6,9-10H2,(H,18,20). The third kappa shape index (κ3) is 2.68. The van der Waals surface area contributed by atoms with Crippen LogP contribution in [0.25, 0.3) is 0 Å². The van der Waals surface area contributed by atoms with Gasteiger partial charge in [0.2, 0.25) is 11.8 Å². The molecule has 1 unspecified atom stereocenters. The number of rotatable bonds is 2. The zero-order valence-corrected chi connectivity index (χ0v) is 12.3. The van der Waals surface area contributed by atoms with Crippen molar-refractivity contribution in [2.45, 2.75) is 18.9 Å². The normalized spacial score (nSPS) is 22.4. The number of hydrogen-bond donors (Lipinski definition) is 1. The van der Waals surface area contributed by atoms with Gasteiger partial charge in [-0.05, 0) is 18.9 Å². The second-order valence-corrected chi connectivity index (χ2v) is 5.79. The van der Waals surface area contributed by atoms with Gasteiger partial charge in [0.05, 0.1) is 0 Å². The van der Waals surface area contributed by atoms with Crippen molar-refractivity contribution < 1.29 is 9.59 Å². The highest BCUT2D eigenvalue weighted by Crippen LogP contribution is 2.32. The van der Waals surface area contributed by atoms with Crippen LogP contribution in [0.3, 0.4) is 0 Å². The van der Waals surface area contributed by atoms with Crippen LogP contribution in [0.1, 0.15) is 24.4 Å². The lowest BCUT2D eigenvalue weighted by atomic mass is 9.98. The Morgan fingerprint density at radius 2 is 1.95 bits per heavy atom. The van der Waals surface area contributed by atoms with E-state index in [-0.39, 0.29) is 17.7 Å². The van der Waals surface area contributed by atoms with Gasteiger partial charge < -0.3 is 10.2 Å². The summed E-state index contributed by atoms with van der Waals surface area (Å²) in [6, 6.07) is 6.59. The van der Waals surface area contributed by atoms with E-state index in [1.807, 2.05) is 30.4 Å². The fraction of sp³-hybridized carbons (Fsp3) is 0.375. The van der Waals surface area contributed by atoms with Crippen molar-refractivity contribution in [2.24, 2.45) is 5.92 Å². The van der Waals surface area contributed by atoms with Gasteiger partial charge in [0.25, 0.3) is 0 Å². The molecule has 1 N–H and O–H groups in total. The number of amides is 2. The third-order valence-electron chi connectivity index (χ3n) is 4.05. The fourth-order valence-electron chi connectivity index (χ4n) is 2.96. The summed E-state index contributed by atoms with van der Waals surface area (Å²) < 4.78 is 0. The van der Waals surface area contributed by atoms with E-state index in [9.17, 15) is 9.59 Å². The average Bonchev–Trinajstić information content (AvgIpc) is 3.01. The lowest BCUT2D eigenvalue weighted by Crippen LogP contribution is -2.53. The summed E-state index contributed by atoms with van der Waals surface area (Å²) in [4.78, 5) is 26.7. The van der Waals surface area contributed by atoms with Crippen LogP contribution < -0.4 is 5.32 Å². The van der Waals surface area contributed by atoms with Gasteiger partial charge in [-0.25, -0.2) is 0 Å². The predicted octanol–water partition coefficient (Wildman–Crippen LogP) is 2.31. The minimum absolute atomic E-state index is 0.0408. The monoisotopic (exact) mass is 304 g/mol. The van der Waals surface area contributed by atoms with Gasteiger partial charge >= 0.3 is 0 Å². The molecule has 1 atom stereocenters. The van der Waals surface area contributed by atoms with Crippen LogP contribution >= 0.6 is 11.6 Å². The quantitative estimate of drug-likeness (QED) is 0.852. The summed E-state index contributed by atoms with van der Waals surface area (Å²) in [5, 5.41) is 3.34. The smallest absolute Gasteiger partial charge is 0.247 e. The van der Waals surface area contributed by atoms with Gasteiger partial charge in [-0.15, -0.1) is 0 Å². The van der Waals surface area contributed by atoms with E-state index >= 15 is 0 Å². The van der Waals surface area contributed by atoms with Gasteiger partial charge in [-0.2, -0.15) is 0 Å². The molecule has 1 aromatic rings. The molecule has 0 spiro atoms. The summed E-state index contributed by atoms with van der Waals surface area (Å²) in [5.41, 5.74) is 0.690. The number of piperazine rings is 1. The first-order valence-corrected chi connectivity index (χ1v) is 7.54. The molecule has 2 aliphatic rings. The first-order chi connectivity index (χ1) is 10.2. The van der Waals surface area contributed by atoms with E-state index in [4.69, 9.17) is 11.6 Å². The molecular formula is C16H17ClN2O2. The summed E-state index contributed by atoms with van der Waals surface area (Å²) in [7, 11) is 0. The van der Waals surface area contributed by atoms with Crippen LogP contribution in [-0.2, 0) is 9.59 Å². The number of allylic oxidation sites excluding steroid dienone is 2. The maximum absolute atomic E-state index is 12.7. The van der Waals surface area contributed by atoms with E-state index < -0.39 is 6.04 Å². The number of carbonyl (C=O) groups excluding carboxylic acids is 2. The van der Waals surface area contributed by atoms with Crippen molar-refractivity contribution in [3.05, 3.63) is 47.0 Å². The molecule has 5 heteroatoms. The molecule has 4 nitrogen and oxygen atoms in total. The van der Waals surface area contributed by atoms with Crippen molar-refractivity contribution in [1.82, 2.24) is 10.2 Å². The maximum atomic E-state index is 12.7. The fourth-order valence-corrected chi connectivity index (χ4v) is 3.20. The molecule has 2 amide bonds. The van der Waals surface area contributed by atoms with Crippen LogP contribution in [0.4, 0.5) is 0 Å². The molecule has 1 aromatic carbocycles. The lowest BCUT2D eigenvalue weighted by molar-refractivity contribution is -0.146. The first-order valence-electron chi connectivity index (χ1n) is 7.16. The first kappa shape index (κ1) is 14.1. The van der Waals surface area contributed by atoms with Gasteiger partial charge in [0.15, 0.2) is 0 Å². The molecule has 0 bridgehead atoms. The molecule has 0 saturated carbocycles. The Bertz CT molecular complexity index is 592. The average molecular weight is 305 g/mol. The van der Waals surface area contributed by atoms with Gasteiger partial charge in [0, 0.05) is 29.6 Å². The van der Waals surface area contributed by atoms with Crippen molar-refractivity contribution in [2.75, 3.05) is 13.1 Å². The second kappa shape index (κ2) is 5.90. The number of hydrogen-bond acceptors (Lipinski definition) is 2. The summed E-state index contributed by atoms with van der Waals surface area (Å²) >= 11 is 6.22. The molecule has 1 aliphatic heterocycles. The van der Waals surface area contributed by atoms with Crippen LogP contribution in [0.15, 0.2) is 36.4 Å². The Morgan fingerprint density at radius 1 is 1.24 bits per heavy atom. The third-order valence-corrected chi connectivity index (χ3v) is 4.40. The van der Waals surface area contributed by atoms with E-state index in [1.165, 1.54) is 0 Å². The predicted molar refractivity (Wildman–Crippen MR) is 80.8 cm³/mol. The molecule has 1 heterocycles. The Morgan fingerprint density at radius 3 is 2.67 bits per heavy atom. The van der Waals surface area contributed by atoms with Crippen LogP contribution in [0.5, 0.6) is 0 Å². The topological polar surface area (TPSA) is 49.4 Å². The van der Waals surface area contributed by atoms with Crippen LogP contribution in [-0.4, -0.2) is 29.8 Å². The highest BCUT2D eigenvalue weighted by atomic mass is 35.5. The molecule has 0 aromatic heterocycles. The highest BCUT2D eigenvalue weighted by Gasteiger charge is 2.37. The Labute approximate surface area is 128 Å². The summed E-state index contributed by atoms with van der Waals surface area (Å²) in [5.74, 6) is -0.158.